The van der Waals surface area contributed by atoms with E-state index in [9.17, 15) is 4.79 Å². The Morgan fingerprint density at radius 2 is 1.89 bits per heavy atom. The van der Waals surface area contributed by atoms with Crippen molar-refractivity contribution in [1.29, 1.82) is 0 Å². The number of hydrogen-bond donors (Lipinski definition) is 2. The van der Waals surface area contributed by atoms with Gasteiger partial charge in [-0.05, 0) is 38.3 Å². The molecule has 0 saturated carbocycles. The van der Waals surface area contributed by atoms with Gasteiger partial charge in [0.25, 0.3) is 0 Å². The zero-order valence-corrected chi connectivity index (χ0v) is 12.7. The van der Waals surface area contributed by atoms with Crippen molar-refractivity contribution in [3.8, 4) is 0 Å². The molecule has 1 fully saturated rings. The van der Waals surface area contributed by atoms with Gasteiger partial charge in [-0.15, -0.1) is 0 Å². The van der Waals surface area contributed by atoms with Crippen molar-refractivity contribution in [3.63, 3.8) is 0 Å². The molecule has 0 radical (unpaired) electrons. The maximum atomic E-state index is 11.6. The van der Waals surface area contributed by atoms with Gasteiger partial charge in [0.1, 0.15) is 0 Å². The largest absolute Gasteiger partial charge is 0.356 e. The molecule has 0 spiro atoms. The molecule has 1 aliphatic rings. The highest BCUT2D eigenvalue weighted by molar-refractivity contribution is 5.75. The van der Waals surface area contributed by atoms with Crippen molar-refractivity contribution in [1.82, 2.24) is 10.6 Å². The van der Waals surface area contributed by atoms with Gasteiger partial charge in [0, 0.05) is 13.0 Å². The molecule has 1 saturated heterocycles. The predicted molar refractivity (Wildman–Crippen MR) is 81.2 cm³/mol. The smallest absolute Gasteiger partial charge is 0.219 e. The highest BCUT2D eigenvalue weighted by Gasteiger charge is 2.13. The van der Waals surface area contributed by atoms with Gasteiger partial charge in [-0.1, -0.05) is 45.4 Å². The van der Waals surface area contributed by atoms with E-state index in [1.807, 2.05) is 0 Å². The van der Waals surface area contributed by atoms with Gasteiger partial charge >= 0.3 is 0 Å². The number of carbonyl (C=O) groups excluding carboxylic acids is 1. The standard InChI is InChI=1S/C16H32N2O/c1-2-3-4-5-6-7-8-9-16(19)18-13-11-15-10-12-17-14-15/h15,17H,2-14H2,1H3,(H,18,19). The van der Waals surface area contributed by atoms with E-state index in [1.165, 1.54) is 44.9 Å². The molecule has 0 bridgehead atoms. The molecule has 1 atom stereocenters. The summed E-state index contributed by atoms with van der Waals surface area (Å²) in [6.07, 6.45) is 12.0. The molecule has 1 unspecified atom stereocenters. The van der Waals surface area contributed by atoms with Crippen molar-refractivity contribution in [2.24, 2.45) is 5.92 Å². The maximum absolute atomic E-state index is 11.6. The van der Waals surface area contributed by atoms with Crippen LogP contribution in [-0.2, 0) is 4.79 Å². The van der Waals surface area contributed by atoms with Crippen LogP contribution in [0.15, 0.2) is 0 Å². The fourth-order valence-corrected chi connectivity index (χ4v) is 2.71. The first-order chi connectivity index (χ1) is 9.33. The van der Waals surface area contributed by atoms with Gasteiger partial charge in [0.05, 0.1) is 0 Å². The first-order valence-corrected chi connectivity index (χ1v) is 8.30. The summed E-state index contributed by atoms with van der Waals surface area (Å²) in [6, 6.07) is 0. The van der Waals surface area contributed by atoms with E-state index in [0.29, 0.717) is 0 Å². The second-order valence-electron chi connectivity index (χ2n) is 5.87. The minimum Gasteiger partial charge on any atom is -0.356 e. The molecule has 0 aromatic carbocycles. The molecule has 19 heavy (non-hydrogen) atoms. The molecule has 3 nitrogen and oxygen atoms in total. The molecule has 3 heteroatoms. The van der Waals surface area contributed by atoms with Crippen molar-refractivity contribution in [3.05, 3.63) is 0 Å². The quantitative estimate of drug-likeness (QED) is 0.565. The van der Waals surface area contributed by atoms with Gasteiger partial charge < -0.3 is 10.6 Å². The van der Waals surface area contributed by atoms with Crippen LogP contribution in [0.1, 0.15) is 71.1 Å². The van der Waals surface area contributed by atoms with E-state index in [1.54, 1.807) is 0 Å². The lowest BCUT2D eigenvalue weighted by atomic mass is 10.1. The molecular weight excluding hydrogens is 236 g/mol. The summed E-state index contributed by atoms with van der Waals surface area (Å²) < 4.78 is 0. The predicted octanol–water partition coefficient (Wildman–Crippen LogP) is 3.24. The fraction of sp³-hybridized carbons (Fsp3) is 0.938. The van der Waals surface area contributed by atoms with Crippen LogP contribution in [0, 0.1) is 5.92 Å². The van der Waals surface area contributed by atoms with Crippen molar-refractivity contribution < 1.29 is 4.79 Å². The van der Waals surface area contributed by atoms with E-state index in [2.05, 4.69) is 17.6 Å². The van der Waals surface area contributed by atoms with Crippen molar-refractivity contribution in [2.75, 3.05) is 19.6 Å². The molecule has 1 amide bonds. The third-order valence-corrected chi connectivity index (χ3v) is 4.04. The first-order valence-electron chi connectivity index (χ1n) is 8.30. The van der Waals surface area contributed by atoms with E-state index in [-0.39, 0.29) is 5.91 Å². The first kappa shape index (κ1) is 16.5. The molecule has 1 aliphatic heterocycles. The van der Waals surface area contributed by atoms with E-state index in [4.69, 9.17) is 0 Å². The summed E-state index contributed by atoms with van der Waals surface area (Å²) in [5, 5.41) is 6.41. The summed E-state index contributed by atoms with van der Waals surface area (Å²) in [7, 11) is 0. The Balaban J connectivity index is 1.82. The summed E-state index contributed by atoms with van der Waals surface area (Å²) in [5.41, 5.74) is 0. The van der Waals surface area contributed by atoms with Crippen molar-refractivity contribution >= 4 is 5.91 Å². The highest BCUT2D eigenvalue weighted by atomic mass is 16.1. The average molecular weight is 268 g/mol. The fourth-order valence-electron chi connectivity index (χ4n) is 2.71. The number of nitrogens with one attached hydrogen (secondary N) is 2. The molecule has 1 heterocycles. The van der Waals surface area contributed by atoms with Crippen LogP contribution in [0.25, 0.3) is 0 Å². The Kier molecular flexibility index (Phi) is 9.78. The Bertz CT molecular complexity index is 225. The number of amides is 1. The van der Waals surface area contributed by atoms with Crippen LogP contribution in [-0.4, -0.2) is 25.5 Å². The zero-order chi connectivity index (χ0) is 13.8. The average Bonchev–Trinajstić information content (AvgIpc) is 2.91. The molecule has 112 valence electrons. The second-order valence-corrected chi connectivity index (χ2v) is 5.87. The Hall–Kier alpha value is -0.570. The van der Waals surface area contributed by atoms with Gasteiger partial charge in [0.2, 0.25) is 5.91 Å². The zero-order valence-electron chi connectivity index (χ0n) is 12.7. The van der Waals surface area contributed by atoms with Crippen LogP contribution in [0.2, 0.25) is 0 Å². The Morgan fingerprint density at radius 1 is 1.16 bits per heavy atom. The van der Waals surface area contributed by atoms with E-state index >= 15 is 0 Å². The van der Waals surface area contributed by atoms with E-state index < -0.39 is 0 Å². The number of hydrogen-bond acceptors (Lipinski definition) is 2. The van der Waals surface area contributed by atoms with Gasteiger partial charge in [-0.3, -0.25) is 4.79 Å². The SMILES string of the molecule is CCCCCCCCCC(=O)NCCC1CCNC1. The molecular formula is C16H32N2O. The molecule has 0 aromatic rings. The Labute approximate surface area is 118 Å². The number of carbonyl (C=O) groups is 1. The van der Waals surface area contributed by atoms with Crippen LogP contribution >= 0.6 is 0 Å². The lowest BCUT2D eigenvalue weighted by Crippen LogP contribution is -2.26. The minimum absolute atomic E-state index is 0.250. The number of unbranched alkanes of at least 4 members (excludes halogenated alkanes) is 6. The van der Waals surface area contributed by atoms with E-state index in [0.717, 1.165) is 44.8 Å². The third-order valence-electron chi connectivity index (χ3n) is 4.04. The lowest BCUT2D eigenvalue weighted by Gasteiger charge is -2.09. The van der Waals surface area contributed by atoms with Crippen LogP contribution in [0.5, 0.6) is 0 Å². The monoisotopic (exact) mass is 268 g/mol. The number of rotatable bonds is 11. The van der Waals surface area contributed by atoms with Crippen LogP contribution in [0.4, 0.5) is 0 Å². The summed E-state index contributed by atoms with van der Waals surface area (Å²) in [6.45, 7) is 5.39. The molecule has 0 aromatic heterocycles. The van der Waals surface area contributed by atoms with Crippen LogP contribution in [0.3, 0.4) is 0 Å². The second kappa shape index (κ2) is 11.3. The van der Waals surface area contributed by atoms with Gasteiger partial charge in [-0.2, -0.15) is 0 Å². The minimum atomic E-state index is 0.250. The van der Waals surface area contributed by atoms with Gasteiger partial charge in [-0.25, -0.2) is 0 Å². The Morgan fingerprint density at radius 3 is 2.58 bits per heavy atom. The summed E-state index contributed by atoms with van der Waals surface area (Å²) in [4.78, 5) is 11.6. The highest BCUT2D eigenvalue weighted by Crippen LogP contribution is 2.11. The van der Waals surface area contributed by atoms with Crippen molar-refractivity contribution in [2.45, 2.75) is 71.1 Å². The van der Waals surface area contributed by atoms with Gasteiger partial charge in [0.15, 0.2) is 0 Å². The summed E-state index contributed by atoms with van der Waals surface area (Å²) in [5.74, 6) is 1.03. The topological polar surface area (TPSA) is 41.1 Å². The van der Waals surface area contributed by atoms with Crippen LogP contribution < -0.4 is 10.6 Å². The third kappa shape index (κ3) is 9.04. The normalized spacial score (nSPS) is 18.7. The lowest BCUT2D eigenvalue weighted by molar-refractivity contribution is -0.121. The molecule has 2 N–H and O–H groups in total. The maximum Gasteiger partial charge on any atom is 0.219 e. The molecule has 1 rings (SSSR count). The molecule has 0 aliphatic carbocycles. The summed E-state index contributed by atoms with van der Waals surface area (Å²) >= 11 is 0.